The average Bonchev–Trinajstić information content (AvgIpc) is 3.16. The summed E-state index contributed by atoms with van der Waals surface area (Å²) in [7, 11) is 0. The van der Waals surface area contributed by atoms with Crippen LogP contribution in [0.3, 0.4) is 0 Å². The summed E-state index contributed by atoms with van der Waals surface area (Å²) in [5, 5.41) is 0. The molecule has 0 spiro atoms. The Morgan fingerprint density at radius 1 is 0.829 bits per heavy atom. The van der Waals surface area contributed by atoms with E-state index >= 15 is 0 Å². The SMILES string of the molecule is O=c1sn(CCCCN2CCN(Cc3cccc4c3COCO4)CC2)c(=O)n1Cc1ccccc1. The summed E-state index contributed by atoms with van der Waals surface area (Å²) in [5.74, 6) is 0.951. The van der Waals surface area contributed by atoms with Crippen molar-refractivity contribution in [2.45, 2.75) is 39.1 Å². The first kappa shape index (κ1) is 24.0. The highest BCUT2D eigenvalue weighted by atomic mass is 32.1. The number of hydrogen-bond donors (Lipinski definition) is 0. The lowest BCUT2D eigenvalue weighted by Gasteiger charge is -2.35. The zero-order valence-corrected chi connectivity index (χ0v) is 20.8. The molecule has 0 N–H and O–H groups in total. The smallest absolute Gasteiger partial charge is 0.341 e. The second kappa shape index (κ2) is 11.3. The molecule has 8 nitrogen and oxygen atoms in total. The summed E-state index contributed by atoms with van der Waals surface area (Å²) in [6.45, 7) is 7.99. The van der Waals surface area contributed by atoms with Gasteiger partial charge in [-0.3, -0.25) is 9.69 Å². The minimum Gasteiger partial charge on any atom is -0.467 e. The van der Waals surface area contributed by atoms with Crippen LogP contribution >= 0.6 is 11.5 Å². The highest BCUT2D eigenvalue weighted by molar-refractivity contribution is 7.03. The van der Waals surface area contributed by atoms with Crippen molar-refractivity contribution in [3.8, 4) is 5.75 Å². The van der Waals surface area contributed by atoms with Gasteiger partial charge in [0.15, 0.2) is 6.79 Å². The van der Waals surface area contributed by atoms with Crippen molar-refractivity contribution in [1.82, 2.24) is 18.3 Å². The van der Waals surface area contributed by atoms with E-state index in [1.54, 1.807) is 3.96 Å². The van der Waals surface area contributed by atoms with Gasteiger partial charge in [0.2, 0.25) is 0 Å². The van der Waals surface area contributed by atoms with Gasteiger partial charge < -0.3 is 14.4 Å². The molecule has 3 aromatic rings. The zero-order chi connectivity index (χ0) is 24.0. The predicted molar refractivity (Wildman–Crippen MR) is 136 cm³/mol. The lowest BCUT2D eigenvalue weighted by Crippen LogP contribution is -2.46. The van der Waals surface area contributed by atoms with Crippen LogP contribution < -0.4 is 15.3 Å². The highest BCUT2D eigenvalue weighted by Gasteiger charge is 2.20. The largest absolute Gasteiger partial charge is 0.467 e. The number of ether oxygens (including phenoxy) is 2. The maximum Gasteiger partial charge on any atom is 0.341 e. The molecule has 186 valence electrons. The molecule has 2 aliphatic rings. The Labute approximate surface area is 209 Å². The Morgan fingerprint density at radius 2 is 1.60 bits per heavy atom. The van der Waals surface area contributed by atoms with Gasteiger partial charge in [-0.15, -0.1) is 0 Å². The van der Waals surface area contributed by atoms with Crippen LogP contribution in [0.25, 0.3) is 0 Å². The zero-order valence-electron chi connectivity index (χ0n) is 19.9. The molecular weight excluding hydrogens is 464 g/mol. The van der Waals surface area contributed by atoms with E-state index in [4.69, 9.17) is 9.47 Å². The van der Waals surface area contributed by atoms with Crippen LogP contribution in [0, 0.1) is 0 Å². The van der Waals surface area contributed by atoms with Crippen LogP contribution in [-0.4, -0.2) is 57.8 Å². The maximum absolute atomic E-state index is 12.7. The number of fused-ring (bicyclic) bond motifs is 1. The van der Waals surface area contributed by atoms with Gasteiger partial charge in [0.1, 0.15) is 5.75 Å². The Hall–Kier alpha value is -2.72. The number of unbranched alkanes of at least 4 members (excludes halogenated alkanes) is 1. The van der Waals surface area contributed by atoms with Gasteiger partial charge in [-0.2, -0.15) is 0 Å². The van der Waals surface area contributed by atoms with E-state index in [0.717, 1.165) is 75.0 Å². The van der Waals surface area contributed by atoms with Crippen LogP contribution in [0.1, 0.15) is 29.5 Å². The van der Waals surface area contributed by atoms with Gasteiger partial charge in [-0.05, 0) is 36.6 Å². The number of hydrogen-bond acceptors (Lipinski definition) is 7. The number of benzene rings is 2. The van der Waals surface area contributed by atoms with Crippen LogP contribution in [0.2, 0.25) is 0 Å². The number of aryl methyl sites for hydroxylation is 1. The van der Waals surface area contributed by atoms with Crippen LogP contribution in [0.5, 0.6) is 5.75 Å². The fraction of sp³-hybridized carbons (Fsp3) is 0.462. The molecular formula is C26H32N4O4S. The molecule has 0 bridgehead atoms. The van der Waals surface area contributed by atoms with Gasteiger partial charge in [0.25, 0.3) is 0 Å². The summed E-state index contributed by atoms with van der Waals surface area (Å²) < 4.78 is 14.0. The van der Waals surface area contributed by atoms with E-state index in [9.17, 15) is 9.59 Å². The van der Waals surface area contributed by atoms with Crippen molar-refractivity contribution in [2.24, 2.45) is 0 Å². The molecule has 0 radical (unpaired) electrons. The molecule has 0 amide bonds. The average molecular weight is 497 g/mol. The van der Waals surface area contributed by atoms with E-state index in [0.29, 0.717) is 26.5 Å². The minimum atomic E-state index is -0.198. The van der Waals surface area contributed by atoms with Gasteiger partial charge in [0, 0.05) is 56.4 Å². The monoisotopic (exact) mass is 496 g/mol. The normalized spacial score (nSPS) is 16.7. The third kappa shape index (κ3) is 5.92. The van der Waals surface area contributed by atoms with Crippen molar-refractivity contribution < 1.29 is 9.47 Å². The first-order chi connectivity index (χ1) is 17.2. The summed E-state index contributed by atoms with van der Waals surface area (Å²) >= 11 is 1.03. The second-order valence-electron chi connectivity index (χ2n) is 9.14. The van der Waals surface area contributed by atoms with E-state index in [1.165, 1.54) is 15.7 Å². The summed E-state index contributed by atoms with van der Waals surface area (Å²) in [6.07, 6.45) is 1.90. The van der Waals surface area contributed by atoms with Gasteiger partial charge in [0.05, 0.1) is 13.2 Å². The molecule has 0 unspecified atom stereocenters. The van der Waals surface area contributed by atoms with Crippen LogP contribution in [-0.2, 0) is 31.0 Å². The summed E-state index contributed by atoms with van der Waals surface area (Å²) in [4.78, 5) is 29.8. The minimum absolute atomic E-state index is 0.187. The van der Waals surface area contributed by atoms with Gasteiger partial charge >= 0.3 is 10.6 Å². The quantitative estimate of drug-likeness (QED) is 0.424. The van der Waals surface area contributed by atoms with E-state index in [1.807, 2.05) is 36.4 Å². The third-order valence-electron chi connectivity index (χ3n) is 6.76. The van der Waals surface area contributed by atoms with E-state index < -0.39 is 0 Å². The van der Waals surface area contributed by atoms with E-state index in [2.05, 4.69) is 21.9 Å². The van der Waals surface area contributed by atoms with Crippen LogP contribution in [0.15, 0.2) is 58.1 Å². The predicted octanol–water partition coefficient (Wildman–Crippen LogP) is 2.58. The molecule has 1 saturated heterocycles. The Morgan fingerprint density at radius 3 is 2.43 bits per heavy atom. The number of aromatic nitrogens is 2. The molecule has 0 atom stereocenters. The van der Waals surface area contributed by atoms with Gasteiger partial charge in [-0.1, -0.05) is 42.5 Å². The first-order valence-corrected chi connectivity index (χ1v) is 13.1. The topological polar surface area (TPSA) is 68.9 Å². The van der Waals surface area contributed by atoms with Crippen molar-refractivity contribution in [1.29, 1.82) is 0 Å². The Kier molecular flexibility index (Phi) is 7.78. The molecule has 2 aromatic carbocycles. The van der Waals surface area contributed by atoms with Crippen LogP contribution in [0.4, 0.5) is 0 Å². The van der Waals surface area contributed by atoms with Crippen molar-refractivity contribution in [3.63, 3.8) is 0 Å². The Bertz CT molecular complexity index is 1230. The first-order valence-electron chi connectivity index (χ1n) is 12.3. The lowest BCUT2D eigenvalue weighted by atomic mass is 10.1. The molecule has 9 heteroatoms. The number of rotatable bonds is 9. The number of nitrogens with zero attached hydrogens (tertiary/aromatic N) is 4. The van der Waals surface area contributed by atoms with Crippen molar-refractivity contribution in [3.05, 3.63) is 85.4 Å². The standard InChI is InChI=1S/C26H32N4O4S/c31-25-29(17-21-7-2-1-3-8-21)26(32)35-30(25)12-5-4-11-27-13-15-28(16-14-27)18-22-9-6-10-24-23(22)19-33-20-34-24/h1-3,6-10H,4-5,11-20H2. The maximum atomic E-state index is 12.7. The molecule has 0 aliphatic carbocycles. The molecule has 1 aromatic heterocycles. The molecule has 1 fully saturated rings. The molecule has 35 heavy (non-hydrogen) atoms. The lowest BCUT2D eigenvalue weighted by molar-refractivity contribution is -0.0172. The Balaban J connectivity index is 1.05. The molecule has 3 heterocycles. The summed E-state index contributed by atoms with van der Waals surface area (Å²) in [5.41, 5.74) is 3.23. The third-order valence-corrected chi connectivity index (χ3v) is 7.69. The fourth-order valence-corrected chi connectivity index (χ4v) is 5.57. The fourth-order valence-electron chi connectivity index (χ4n) is 4.74. The number of piperazine rings is 1. The molecule has 5 rings (SSSR count). The van der Waals surface area contributed by atoms with Crippen molar-refractivity contribution >= 4 is 11.5 Å². The van der Waals surface area contributed by atoms with Gasteiger partial charge in [-0.25, -0.2) is 13.3 Å². The molecule has 0 saturated carbocycles. The highest BCUT2D eigenvalue weighted by Crippen LogP contribution is 2.27. The second-order valence-corrected chi connectivity index (χ2v) is 10.1. The van der Waals surface area contributed by atoms with Crippen molar-refractivity contribution in [2.75, 3.05) is 39.5 Å². The summed E-state index contributed by atoms with van der Waals surface area (Å²) in [6, 6.07) is 15.9. The molecule has 2 aliphatic heterocycles. The van der Waals surface area contributed by atoms with E-state index in [-0.39, 0.29) is 10.6 Å².